The molecule has 1 aromatic heterocycles. The number of aliphatic hydroxyl groups excluding tert-OH is 1. The van der Waals surface area contributed by atoms with Crippen LogP contribution in [0.5, 0.6) is 0 Å². The van der Waals surface area contributed by atoms with Crippen LogP contribution in [0.15, 0.2) is 18.3 Å². The van der Waals surface area contributed by atoms with Crippen LogP contribution in [0, 0.1) is 0 Å². The van der Waals surface area contributed by atoms with Crippen molar-refractivity contribution in [1.29, 1.82) is 0 Å². The van der Waals surface area contributed by atoms with Gasteiger partial charge in [0, 0.05) is 11.1 Å². The van der Waals surface area contributed by atoms with Crippen molar-refractivity contribution in [2.75, 3.05) is 12.3 Å². The minimum Gasteiger partial charge on any atom is -0.398 e. The predicted molar refractivity (Wildman–Crippen MR) is 60.6 cm³/mol. The molecule has 80 valence electrons. The monoisotopic (exact) mass is 205 g/mol. The fraction of sp³-hybridized carbons (Fsp3) is 0.364. The van der Waals surface area contributed by atoms with Crippen LogP contribution >= 0.6 is 0 Å². The molecule has 0 aliphatic rings. The highest BCUT2D eigenvalue weighted by Crippen LogP contribution is 2.22. The molecule has 0 atom stereocenters. The van der Waals surface area contributed by atoms with Gasteiger partial charge >= 0.3 is 0 Å². The first kappa shape index (κ1) is 9.98. The summed E-state index contributed by atoms with van der Waals surface area (Å²) in [6, 6.07) is 3.99. The molecule has 3 N–H and O–H groups in total. The molecule has 0 amide bonds. The Bertz CT molecular complexity index is 476. The van der Waals surface area contributed by atoms with E-state index in [1.807, 2.05) is 12.3 Å². The van der Waals surface area contributed by atoms with Crippen molar-refractivity contribution in [3.05, 3.63) is 23.9 Å². The molecular formula is C11H15N3O. The average molecular weight is 205 g/mol. The van der Waals surface area contributed by atoms with Crippen LogP contribution in [0.2, 0.25) is 0 Å². The standard InChI is InChI=1S/C11H15N3O/c1-2-8-5-9-7-13-14(3-4-15)11(9)6-10(8)12/h5-7,15H,2-4,12H2,1H3. The first-order valence-electron chi connectivity index (χ1n) is 5.11. The summed E-state index contributed by atoms with van der Waals surface area (Å²) in [6.07, 6.45) is 2.73. The maximum atomic E-state index is 8.88. The Hall–Kier alpha value is -1.55. The van der Waals surface area contributed by atoms with Crippen molar-refractivity contribution in [3.8, 4) is 0 Å². The van der Waals surface area contributed by atoms with Gasteiger partial charge < -0.3 is 10.8 Å². The lowest BCUT2D eigenvalue weighted by Crippen LogP contribution is -2.03. The lowest BCUT2D eigenvalue weighted by atomic mass is 10.1. The van der Waals surface area contributed by atoms with Gasteiger partial charge in [-0.1, -0.05) is 6.92 Å². The highest BCUT2D eigenvalue weighted by molar-refractivity contribution is 5.83. The Morgan fingerprint density at radius 2 is 2.27 bits per heavy atom. The summed E-state index contributed by atoms with van der Waals surface area (Å²) >= 11 is 0. The summed E-state index contributed by atoms with van der Waals surface area (Å²) in [5, 5.41) is 14.2. The van der Waals surface area contributed by atoms with Crippen molar-refractivity contribution in [1.82, 2.24) is 9.78 Å². The van der Waals surface area contributed by atoms with Gasteiger partial charge in [-0.25, -0.2) is 0 Å². The maximum absolute atomic E-state index is 8.88. The first-order chi connectivity index (χ1) is 7.26. The molecular weight excluding hydrogens is 190 g/mol. The van der Waals surface area contributed by atoms with Gasteiger partial charge in [0.2, 0.25) is 0 Å². The van der Waals surface area contributed by atoms with Crippen molar-refractivity contribution in [2.45, 2.75) is 19.9 Å². The largest absolute Gasteiger partial charge is 0.398 e. The molecule has 0 unspecified atom stereocenters. The smallest absolute Gasteiger partial charge is 0.0704 e. The fourth-order valence-corrected chi connectivity index (χ4v) is 1.77. The molecule has 0 saturated carbocycles. The van der Waals surface area contributed by atoms with E-state index in [0.29, 0.717) is 6.54 Å². The SMILES string of the molecule is CCc1cc2cnn(CCO)c2cc1N. The molecule has 0 radical (unpaired) electrons. The van der Waals surface area contributed by atoms with Gasteiger partial charge in [0.05, 0.1) is 24.9 Å². The fourth-order valence-electron chi connectivity index (χ4n) is 1.77. The summed E-state index contributed by atoms with van der Waals surface area (Å²) < 4.78 is 1.77. The summed E-state index contributed by atoms with van der Waals surface area (Å²) in [6.45, 7) is 2.68. The summed E-state index contributed by atoms with van der Waals surface area (Å²) in [4.78, 5) is 0. The third-order valence-corrected chi connectivity index (χ3v) is 2.60. The van der Waals surface area contributed by atoms with E-state index < -0.39 is 0 Å². The lowest BCUT2D eigenvalue weighted by Gasteiger charge is -2.05. The maximum Gasteiger partial charge on any atom is 0.0704 e. The highest BCUT2D eigenvalue weighted by atomic mass is 16.3. The predicted octanol–water partition coefficient (Wildman–Crippen LogP) is 1.17. The van der Waals surface area contributed by atoms with E-state index in [1.54, 1.807) is 4.68 Å². The van der Waals surface area contributed by atoms with E-state index in [9.17, 15) is 0 Å². The summed E-state index contributed by atoms with van der Waals surface area (Å²) in [7, 11) is 0. The molecule has 1 aromatic carbocycles. The second kappa shape index (κ2) is 3.90. The Morgan fingerprint density at radius 3 is 2.93 bits per heavy atom. The van der Waals surface area contributed by atoms with Crippen LogP contribution in [-0.2, 0) is 13.0 Å². The number of nitrogens with two attached hydrogens (primary N) is 1. The molecule has 0 saturated heterocycles. The summed E-state index contributed by atoms with van der Waals surface area (Å²) in [5.74, 6) is 0. The molecule has 15 heavy (non-hydrogen) atoms. The number of nitrogen functional groups attached to an aromatic ring is 1. The van der Waals surface area contributed by atoms with Crippen LogP contribution < -0.4 is 5.73 Å². The molecule has 1 heterocycles. The van der Waals surface area contributed by atoms with Crippen LogP contribution in [0.1, 0.15) is 12.5 Å². The zero-order valence-corrected chi connectivity index (χ0v) is 8.77. The molecule has 2 aromatic rings. The van der Waals surface area contributed by atoms with E-state index in [4.69, 9.17) is 10.8 Å². The van der Waals surface area contributed by atoms with E-state index in [0.717, 1.165) is 28.6 Å². The minimum atomic E-state index is 0.0895. The Morgan fingerprint density at radius 1 is 1.47 bits per heavy atom. The third-order valence-electron chi connectivity index (χ3n) is 2.60. The van der Waals surface area contributed by atoms with Crippen LogP contribution in [0.25, 0.3) is 10.9 Å². The number of fused-ring (bicyclic) bond motifs is 1. The quantitative estimate of drug-likeness (QED) is 0.739. The zero-order chi connectivity index (χ0) is 10.8. The van der Waals surface area contributed by atoms with E-state index in [-0.39, 0.29) is 6.61 Å². The molecule has 2 rings (SSSR count). The molecule has 0 aliphatic heterocycles. The van der Waals surface area contributed by atoms with Gasteiger partial charge in [-0.15, -0.1) is 0 Å². The second-order valence-electron chi connectivity index (χ2n) is 3.55. The molecule has 0 fully saturated rings. The van der Waals surface area contributed by atoms with Crippen molar-refractivity contribution in [3.63, 3.8) is 0 Å². The normalized spacial score (nSPS) is 11.1. The number of aliphatic hydroxyl groups is 1. The van der Waals surface area contributed by atoms with Gasteiger partial charge in [-0.3, -0.25) is 4.68 Å². The number of benzene rings is 1. The van der Waals surface area contributed by atoms with E-state index in [1.165, 1.54) is 0 Å². The van der Waals surface area contributed by atoms with Gasteiger partial charge in [0.25, 0.3) is 0 Å². The van der Waals surface area contributed by atoms with Gasteiger partial charge in [0.15, 0.2) is 0 Å². The number of hydrogen-bond donors (Lipinski definition) is 2. The van der Waals surface area contributed by atoms with Crippen molar-refractivity contribution < 1.29 is 5.11 Å². The van der Waals surface area contributed by atoms with Crippen LogP contribution in [-0.4, -0.2) is 21.5 Å². The number of aryl methyl sites for hydroxylation is 1. The number of nitrogens with zero attached hydrogens (tertiary/aromatic N) is 2. The third kappa shape index (κ3) is 1.68. The molecule has 0 bridgehead atoms. The summed E-state index contributed by atoms with van der Waals surface area (Å²) in [5.41, 5.74) is 8.84. The zero-order valence-electron chi connectivity index (χ0n) is 8.77. The number of aromatic nitrogens is 2. The lowest BCUT2D eigenvalue weighted by molar-refractivity contribution is 0.271. The van der Waals surface area contributed by atoms with E-state index in [2.05, 4.69) is 18.1 Å². The Kier molecular flexibility index (Phi) is 2.60. The highest BCUT2D eigenvalue weighted by Gasteiger charge is 2.05. The molecule has 4 heteroatoms. The van der Waals surface area contributed by atoms with E-state index >= 15 is 0 Å². The number of hydrogen-bond acceptors (Lipinski definition) is 3. The van der Waals surface area contributed by atoms with Gasteiger partial charge in [-0.2, -0.15) is 5.10 Å². The number of anilines is 1. The second-order valence-corrected chi connectivity index (χ2v) is 3.55. The Labute approximate surface area is 88.3 Å². The number of rotatable bonds is 3. The van der Waals surface area contributed by atoms with Crippen LogP contribution in [0.4, 0.5) is 5.69 Å². The van der Waals surface area contributed by atoms with Crippen molar-refractivity contribution in [2.24, 2.45) is 0 Å². The Balaban J connectivity index is 2.57. The van der Waals surface area contributed by atoms with Crippen molar-refractivity contribution >= 4 is 16.6 Å². The average Bonchev–Trinajstić information content (AvgIpc) is 2.61. The molecule has 0 aliphatic carbocycles. The van der Waals surface area contributed by atoms with Gasteiger partial charge in [-0.05, 0) is 24.1 Å². The van der Waals surface area contributed by atoms with Crippen LogP contribution in [0.3, 0.4) is 0 Å². The first-order valence-corrected chi connectivity index (χ1v) is 5.11. The molecule has 0 spiro atoms. The molecule has 4 nitrogen and oxygen atoms in total. The topological polar surface area (TPSA) is 64.1 Å². The van der Waals surface area contributed by atoms with Gasteiger partial charge in [0.1, 0.15) is 0 Å². The minimum absolute atomic E-state index is 0.0895.